The topological polar surface area (TPSA) is 99.0 Å². The quantitative estimate of drug-likeness (QED) is 0.178. The van der Waals surface area contributed by atoms with Crippen LogP contribution in [0.4, 0.5) is 5.00 Å². The monoisotopic (exact) mass is 587 g/mol. The van der Waals surface area contributed by atoms with Gasteiger partial charge in [0.1, 0.15) is 10.8 Å². The number of carbonyl (C=O) groups is 3. The first-order chi connectivity index (χ1) is 18.9. The third-order valence-electron chi connectivity index (χ3n) is 6.11. The van der Waals surface area contributed by atoms with Crippen molar-refractivity contribution in [1.29, 1.82) is 0 Å². The van der Waals surface area contributed by atoms with Crippen LogP contribution in [0.1, 0.15) is 53.9 Å². The minimum absolute atomic E-state index is 0.0611. The average Bonchev–Trinajstić information content (AvgIpc) is 3.31. The predicted molar refractivity (Wildman–Crippen MR) is 159 cm³/mol. The molecule has 2 amide bonds. The summed E-state index contributed by atoms with van der Waals surface area (Å²) in [7, 11) is 0. The van der Waals surface area contributed by atoms with Gasteiger partial charge in [-0.05, 0) is 63.3 Å². The summed E-state index contributed by atoms with van der Waals surface area (Å²) >= 11 is 4.07. The van der Waals surface area contributed by atoms with E-state index in [-0.39, 0.29) is 29.9 Å². The number of allylic oxidation sites excluding steroid dienone is 1. The number of carbonyl (C=O) groups excluding carboxylic acids is 3. The molecule has 0 bridgehead atoms. The summed E-state index contributed by atoms with van der Waals surface area (Å²) in [6.07, 6.45) is 6.71. The number of thioether (sulfide) groups is 1. The van der Waals surface area contributed by atoms with Gasteiger partial charge in [0.25, 0.3) is 5.91 Å². The maximum atomic E-state index is 12.8. The molecule has 208 valence electrons. The molecule has 1 N–H and O–H groups in total. The van der Waals surface area contributed by atoms with Crippen LogP contribution < -0.4 is 14.9 Å². The number of aromatic nitrogens is 1. The van der Waals surface area contributed by atoms with Gasteiger partial charge in [-0.15, -0.1) is 29.7 Å². The molecule has 0 saturated heterocycles. The van der Waals surface area contributed by atoms with Crippen molar-refractivity contribution in [2.24, 2.45) is 4.99 Å². The van der Waals surface area contributed by atoms with Crippen LogP contribution >= 0.6 is 34.4 Å². The highest BCUT2D eigenvalue weighted by atomic mass is 32.2. The summed E-state index contributed by atoms with van der Waals surface area (Å²) in [5.41, 5.74) is 2.46. The molecule has 11 heteroatoms. The zero-order valence-corrected chi connectivity index (χ0v) is 24.7. The van der Waals surface area contributed by atoms with Crippen LogP contribution in [0.5, 0.6) is 5.75 Å². The molecule has 4 rings (SSSR count). The van der Waals surface area contributed by atoms with Crippen LogP contribution in [0, 0.1) is 0 Å². The van der Waals surface area contributed by atoms with Crippen molar-refractivity contribution < 1.29 is 23.9 Å². The third-order valence-corrected chi connectivity index (χ3v) is 9.28. The number of aryl methyl sites for hydroxylation is 1. The van der Waals surface area contributed by atoms with Crippen LogP contribution in [0.2, 0.25) is 0 Å². The number of thiazole rings is 1. The largest absolute Gasteiger partial charge is 0.494 e. The second kappa shape index (κ2) is 14.0. The Balaban J connectivity index is 1.42. The Kier molecular flexibility index (Phi) is 10.4. The lowest BCUT2D eigenvalue weighted by Gasteiger charge is -2.08. The van der Waals surface area contributed by atoms with Gasteiger partial charge in [-0.25, -0.2) is 4.79 Å². The van der Waals surface area contributed by atoms with E-state index in [1.54, 1.807) is 13.0 Å². The van der Waals surface area contributed by atoms with E-state index in [1.165, 1.54) is 34.4 Å². The van der Waals surface area contributed by atoms with E-state index < -0.39 is 5.97 Å². The van der Waals surface area contributed by atoms with Crippen molar-refractivity contribution in [2.75, 3.05) is 30.0 Å². The van der Waals surface area contributed by atoms with Crippen LogP contribution in [-0.2, 0) is 33.7 Å². The number of hydrogen-bond acceptors (Lipinski definition) is 8. The van der Waals surface area contributed by atoms with Gasteiger partial charge in [0.05, 0.1) is 40.5 Å². The number of anilines is 1. The third kappa shape index (κ3) is 7.20. The Labute approximate surface area is 240 Å². The molecule has 0 unspecified atom stereocenters. The van der Waals surface area contributed by atoms with Crippen molar-refractivity contribution in [3.8, 4) is 5.75 Å². The van der Waals surface area contributed by atoms with Gasteiger partial charge >= 0.3 is 5.97 Å². The van der Waals surface area contributed by atoms with Crippen LogP contribution in [-0.4, -0.2) is 47.1 Å². The molecule has 1 aliphatic carbocycles. The molecule has 1 aliphatic rings. The van der Waals surface area contributed by atoms with Crippen molar-refractivity contribution >= 4 is 67.4 Å². The lowest BCUT2D eigenvalue weighted by molar-refractivity contribution is -0.115. The minimum Gasteiger partial charge on any atom is -0.494 e. The molecular formula is C28H33N3O5S3. The summed E-state index contributed by atoms with van der Waals surface area (Å²) in [6.45, 7) is 8.89. The lowest BCUT2D eigenvalue weighted by Crippen LogP contribution is -2.19. The van der Waals surface area contributed by atoms with E-state index >= 15 is 0 Å². The Morgan fingerprint density at radius 1 is 1.13 bits per heavy atom. The fraction of sp³-hybridized carbons (Fsp3) is 0.429. The Bertz CT molecular complexity index is 1440. The number of benzene rings is 1. The number of esters is 1. The lowest BCUT2D eigenvalue weighted by atomic mass is 10.1. The van der Waals surface area contributed by atoms with Gasteiger partial charge < -0.3 is 19.4 Å². The highest BCUT2D eigenvalue weighted by Gasteiger charge is 2.26. The first-order valence-corrected chi connectivity index (χ1v) is 15.9. The number of amides is 2. The van der Waals surface area contributed by atoms with Crippen LogP contribution in [0.3, 0.4) is 0 Å². The summed E-state index contributed by atoms with van der Waals surface area (Å²) in [5.74, 6) is -0.0729. The number of nitrogens with one attached hydrogen (secondary N) is 1. The maximum absolute atomic E-state index is 12.8. The summed E-state index contributed by atoms with van der Waals surface area (Å²) in [4.78, 5) is 44.2. The normalized spacial score (nSPS) is 13.5. The molecule has 2 aromatic heterocycles. The highest BCUT2D eigenvalue weighted by molar-refractivity contribution is 8.00. The van der Waals surface area contributed by atoms with E-state index in [1.807, 2.05) is 29.7 Å². The van der Waals surface area contributed by atoms with Gasteiger partial charge in [-0.1, -0.05) is 23.8 Å². The predicted octanol–water partition coefficient (Wildman–Crippen LogP) is 5.59. The van der Waals surface area contributed by atoms with Gasteiger partial charge in [-0.2, -0.15) is 4.99 Å². The molecule has 1 aromatic carbocycles. The number of nitrogens with zero attached hydrogens (tertiary/aromatic N) is 2. The number of hydrogen-bond donors (Lipinski definition) is 1. The van der Waals surface area contributed by atoms with Gasteiger partial charge in [0.2, 0.25) is 5.91 Å². The van der Waals surface area contributed by atoms with E-state index in [4.69, 9.17) is 9.47 Å². The van der Waals surface area contributed by atoms with E-state index in [9.17, 15) is 14.4 Å². The molecule has 0 fully saturated rings. The summed E-state index contributed by atoms with van der Waals surface area (Å²) < 4.78 is 13.8. The van der Waals surface area contributed by atoms with Gasteiger partial charge in [-0.3, -0.25) is 9.59 Å². The molecule has 0 radical (unpaired) electrons. The zero-order valence-electron chi connectivity index (χ0n) is 22.2. The van der Waals surface area contributed by atoms with Crippen LogP contribution in [0.25, 0.3) is 10.2 Å². The van der Waals surface area contributed by atoms with Crippen molar-refractivity contribution in [1.82, 2.24) is 4.57 Å². The first-order valence-electron chi connectivity index (χ1n) is 13.1. The van der Waals surface area contributed by atoms with Gasteiger partial charge in [0, 0.05) is 11.4 Å². The fourth-order valence-corrected chi connectivity index (χ4v) is 7.46. The molecule has 39 heavy (non-hydrogen) atoms. The van der Waals surface area contributed by atoms with Crippen molar-refractivity contribution in [3.05, 3.63) is 51.7 Å². The standard InChI is InChI=1S/C28H33N3O5S3/c1-4-14-31-20-13-12-18(35-5-2)15-22(20)39-28(31)30-24(33)17-37-16-23(32)29-26-25(27(34)36-6-3)19-10-8-7-9-11-21(19)38-26/h4,12-13,15H,1,5-11,14,16-17H2,2-3H3,(H,29,32). The Hall–Kier alpha value is -2.89. The smallest absolute Gasteiger partial charge is 0.341 e. The average molecular weight is 588 g/mol. The Morgan fingerprint density at radius 3 is 2.72 bits per heavy atom. The number of ether oxygens (including phenoxy) is 2. The molecule has 0 atom stereocenters. The van der Waals surface area contributed by atoms with E-state index in [0.29, 0.717) is 28.5 Å². The van der Waals surface area contributed by atoms with E-state index in [0.717, 1.165) is 58.5 Å². The molecule has 8 nitrogen and oxygen atoms in total. The molecule has 0 saturated carbocycles. The highest BCUT2D eigenvalue weighted by Crippen LogP contribution is 2.38. The number of fused-ring (bicyclic) bond motifs is 2. The summed E-state index contributed by atoms with van der Waals surface area (Å²) in [5, 5.41) is 3.45. The SMILES string of the molecule is C=CCn1c(=NC(=O)CSCC(=O)Nc2sc3c(c2C(=O)OCC)CCCCC3)sc2cc(OCC)ccc21. The molecule has 0 spiro atoms. The fourth-order valence-electron chi connectivity index (χ4n) is 4.48. The maximum Gasteiger partial charge on any atom is 0.341 e. The van der Waals surface area contributed by atoms with Crippen LogP contribution in [0.15, 0.2) is 35.8 Å². The van der Waals surface area contributed by atoms with Crippen molar-refractivity contribution in [2.45, 2.75) is 52.5 Å². The Morgan fingerprint density at radius 2 is 1.95 bits per heavy atom. The second-order valence-corrected chi connectivity index (χ2v) is 12.0. The first kappa shape index (κ1) is 29.1. The minimum atomic E-state index is -0.390. The van der Waals surface area contributed by atoms with Crippen molar-refractivity contribution in [3.63, 3.8) is 0 Å². The number of thiophene rings is 1. The van der Waals surface area contributed by atoms with Gasteiger partial charge in [0.15, 0.2) is 4.80 Å². The second-order valence-electron chi connectivity index (χ2n) is 8.88. The molecule has 3 aromatic rings. The zero-order chi connectivity index (χ0) is 27.8. The molecule has 0 aliphatic heterocycles. The number of rotatable bonds is 11. The molecular weight excluding hydrogens is 555 g/mol. The molecule has 2 heterocycles. The van der Waals surface area contributed by atoms with E-state index in [2.05, 4.69) is 16.9 Å². The summed E-state index contributed by atoms with van der Waals surface area (Å²) in [6, 6.07) is 5.80.